The summed E-state index contributed by atoms with van der Waals surface area (Å²) in [7, 11) is -4.07. The van der Waals surface area contributed by atoms with Gasteiger partial charge in [-0.15, -0.1) is 0 Å². The van der Waals surface area contributed by atoms with Crippen LogP contribution in [0.3, 0.4) is 0 Å². The van der Waals surface area contributed by atoms with Crippen molar-refractivity contribution in [3.8, 4) is 6.07 Å². The fraction of sp³-hybridized carbons (Fsp3) is 0. The molecule has 2 aromatic rings. The predicted octanol–water partition coefficient (Wildman–Crippen LogP) is 2.22. The Morgan fingerprint density at radius 2 is 1.86 bits per heavy atom. The third kappa shape index (κ3) is 3.09. The lowest BCUT2D eigenvalue weighted by molar-refractivity contribution is 0.600. The summed E-state index contributed by atoms with van der Waals surface area (Å²) < 4.78 is 52.4. The highest BCUT2D eigenvalue weighted by Gasteiger charge is 2.17. The first-order chi connectivity index (χ1) is 9.83. The summed E-state index contributed by atoms with van der Waals surface area (Å²) in [5.41, 5.74) is 4.74. The Kier molecular flexibility index (Phi) is 3.78. The first kappa shape index (κ1) is 14.7. The van der Waals surface area contributed by atoms with Gasteiger partial charge >= 0.3 is 0 Å². The van der Waals surface area contributed by atoms with Crippen LogP contribution in [-0.2, 0) is 10.0 Å². The molecule has 0 aliphatic heterocycles. The van der Waals surface area contributed by atoms with Crippen LogP contribution in [-0.4, -0.2) is 8.42 Å². The molecule has 0 amide bonds. The Bertz CT molecular complexity index is 845. The minimum atomic E-state index is -4.07. The lowest BCUT2D eigenvalue weighted by Gasteiger charge is -2.10. The Morgan fingerprint density at radius 1 is 1.14 bits per heavy atom. The van der Waals surface area contributed by atoms with Crippen LogP contribution >= 0.6 is 0 Å². The van der Waals surface area contributed by atoms with Gasteiger partial charge in [-0.25, -0.2) is 17.2 Å². The van der Waals surface area contributed by atoms with Gasteiger partial charge in [-0.05, 0) is 36.4 Å². The first-order valence-electron chi connectivity index (χ1n) is 5.61. The van der Waals surface area contributed by atoms with Crippen LogP contribution < -0.4 is 10.5 Å². The molecule has 0 saturated carbocycles. The number of nitrogens with one attached hydrogen (secondary N) is 1. The minimum Gasteiger partial charge on any atom is -0.396 e. The third-order valence-electron chi connectivity index (χ3n) is 2.62. The molecule has 2 aromatic carbocycles. The van der Waals surface area contributed by atoms with Crippen molar-refractivity contribution in [3.05, 3.63) is 53.6 Å². The van der Waals surface area contributed by atoms with Gasteiger partial charge in [-0.3, -0.25) is 4.72 Å². The van der Waals surface area contributed by atoms with E-state index in [0.29, 0.717) is 0 Å². The van der Waals surface area contributed by atoms with E-state index in [-0.39, 0.29) is 21.8 Å². The van der Waals surface area contributed by atoms with E-state index in [4.69, 9.17) is 11.0 Å². The second-order valence-electron chi connectivity index (χ2n) is 4.09. The van der Waals surface area contributed by atoms with E-state index in [1.54, 1.807) is 6.07 Å². The van der Waals surface area contributed by atoms with E-state index in [2.05, 4.69) is 4.72 Å². The highest BCUT2D eigenvalue weighted by molar-refractivity contribution is 7.92. The molecule has 5 nitrogen and oxygen atoms in total. The Morgan fingerprint density at radius 3 is 2.48 bits per heavy atom. The second-order valence-corrected chi connectivity index (χ2v) is 5.77. The Hall–Kier alpha value is -2.66. The number of nitrogens with two attached hydrogens (primary N) is 1. The second kappa shape index (κ2) is 5.38. The fourth-order valence-electron chi connectivity index (χ4n) is 1.59. The maximum Gasteiger partial charge on any atom is 0.262 e. The molecule has 0 atom stereocenters. The quantitative estimate of drug-likeness (QED) is 0.850. The van der Waals surface area contributed by atoms with E-state index >= 15 is 0 Å². The number of hydrogen-bond donors (Lipinski definition) is 2. The molecule has 0 radical (unpaired) electrons. The maximum atomic E-state index is 13.1. The van der Waals surface area contributed by atoms with Crippen LogP contribution in [0, 0.1) is 23.0 Å². The zero-order chi connectivity index (χ0) is 15.6. The van der Waals surface area contributed by atoms with Crippen molar-refractivity contribution in [2.24, 2.45) is 0 Å². The third-order valence-corrected chi connectivity index (χ3v) is 3.99. The van der Waals surface area contributed by atoms with Crippen LogP contribution in [0.15, 0.2) is 41.3 Å². The summed E-state index contributed by atoms with van der Waals surface area (Å²) in [6.07, 6.45) is 0. The van der Waals surface area contributed by atoms with Gasteiger partial charge in [-0.1, -0.05) is 0 Å². The van der Waals surface area contributed by atoms with Crippen molar-refractivity contribution in [1.29, 1.82) is 5.26 Å². The van der Waals surface area contributed by atoms with Crippen molar-refractivity contribution in [3.63, 3.8) is 0 Å². The molecule has 0 spiro atoms. The number of rotatable bonds is 3. The lowest BCUT2D eigenvalue weighted by Crippen LogP contribution is -2.14. The highest BCUT2D eigenvalue weighted by Crippen LogP contribution is 2.22. The minimum absolute atomic E-state index is 0.0817. The summed E-state index contributed by atoms with van der Waals surface area (Å²) in [6, 6.07) is 7.61. The number of hydrogen-bond acceptors (Lipinski definition) is 4. The number of benzene rings is 2. The topological polar surface area (TPSA) is 96.0 Å². The normalized spacial score (nSPS) is 10.9. The number of nitriles is 1. The molecular weight excluding hydrogens is 300 g/mol. The van der Waals surface area contributed by atoms with Crippen molar-refractivity contribution in [2.45, 2.75) is 4.90 Å². The monoisotopic (exact) mass is 309 g/mol. The molecule has 0 unspecified atom stereocenters. The van der Waals surface area contributed by atoms with Crippen LogP contribution in [0.2, 0.25) is 0 Å². The zero-order valence-corrected chi connectivity index (χ0v) is 11.3. The van der Waals surface area contributed by atoms with Crippen LogP contribution in [0.5, 0.6) is 0 Å². The van der Waals surface area contributed by atoms with Gasteiger partial charge in [0.15, 0.2) is 0 Å². The van der Waals surface area contributed by atoms with Crippen LogP contribution in [0.1, 0.15) is 5.56 Å². The van der Waals surface area contributed by atoms with Gasteiger partial charge in [-0.2, -0.15) is 5.26 Å². The van der Waals surface area contributed by atoms with Crippen molar-refractivity contribution in [1.82, 2.24) is 0 Å². The highest BCUT2D eigenvalue weighted by atomic mass is 32.2. The van der Waals surface area contributed by atoms with Gasteiger partial charge in [0.2, 0.25) is 0 Å². The smallest absolute Gasteiger partial charge is 0.262 e. The molecule has 0 heterocycles. The van der Waals surface area contributed by atoms with E-state index in [1.807, 2.05) is 0 Å². The first-order valence-corrected chi connectivity index (χ1v) is 7.09. The van der Waals surface area contributed by atoms with E-state index in [0.717, 1.165) is 36.4 Å². The number of halogens is 2. The molecule has 3 N–H and O–H groups in total. The number of nitrogen functional groups attached to an aromatic ring is 1. The van der Waals surface area contributed by atoms with E-state index in [1.165, 1.54) is 0 Å². The van der Waals surface area contributed by atoms with Crippen molar-refractivity contribution < 1.29 is 17.2 Å². The van der Waals surface area contributed by atoms with Crippen molar-refractivity contribution in [2.75, 3.05) is 10.5 Å². The summed E-state index contributed by atoms with van der Waals surface area (Å²) in [5, 5.41) is 8.87. The van der Waals surface area contributed by atoms with Crippen LogP contribution in [0.25, 0.3) is 0 Å². The van der Waals surface area contributed by atoms with Crippen molar-refractivity contribution >= 4 is 21.4 Å². The average molecular weight is 309 g/mol. The van der Waals surface area contributed by atoms with Gasteiger partial charge in [0.1, 0.15) is 17.7 Å². The summed E-state index contributed by atoms with van der Waals surface area (Å²) in [6.45, 7) is 0. The van der Waals surface area contributed by atoms with Gasteiger partial charge in [0.05, 0.1) is 21.8 Å². The molecule has 0 bridgehead atoms. The molecule has 0 fully saturated rings. The molecule has 21 heavy (non-hydrogen) atoms. The summed E-state index contributed by atoms with van der Waals surface area (Å²) in [5.74, 6) is -1.41. The lowest BCUT2D eigenvalue weighted by atomic mass is 10.2. The number of nitrogens with zero attached hydrogens (tertiary/aromatic N) is 1. The average Bonchev–Trinajstić information content (AvgIpc) is 2.43. The molecule has 2 rings (SSSR count). The predicted molar refractivity (Wildman–Crippen MR) is 72.7 cm³/mol. The van der Waals surface area contributed by atoms with Gasteiger partial charge < -0.3 is 5.73 Å². The molecule has 108 valence electrons. The largest absolute Gasteiger partial charge is 0.396 e. The van der Waals surface area contributed by atoms with Gasteiger partial charge in [0, 0.05) is 0 Å². The van der Waals surface area contributed by atoms with E-state index in [9.17, 15) is 17.2 Å². The Balaban J connectivity index is 2.42. The Labute approximate surface area is 119 Å². The molecular formula is C13H9F2N3O2S. The fourth-order valence-corrected chi connectivity index (χ4v) is 2.71. The molecule has 8 heteroatoms. The molecule has 0 aliphatic carbocycles. The maximum absolute atomic E-state index is 13.1. The van der Waals surface area contributed by atoms with E-state index < -0.39 is 21.7 Å². The number of sulfonamides is 1. The summed E-state index contributed by atoms with van der Waals surface area (Å²) in [4.78, 5) is -0.269. The number of anilines is 2. The molecule has 0 saturated heterocycles. The van der Waals surface area contributed by atoms with Crippen LogP contribution in [0.4, 0.5) is 20.2 Å². The summed E-state index contributed by atoms with van der Waals surface area (Å²) >= 11 is 0. The van der Waals surface area contributed by atoms with Gasteiger partial charge in [0.25, 0.3) is 10.0 Å². The standard InChI is InChI=1S/C13H9F2N3O2S/c14-9-1-4-13(8(5-9)7-16)18-21(19,20)10-2-3-11(15)12(17)6-10/h1-6,18H,17H2. The zero-order valence-electron chi connectivity index (χ0n) is 10.5. The SMILES string of the molecule is N#Cc1cc(F)ccc1NS(=O)(=O)c1ccc(F)c(N)c1. The molecule has 0 aliphatic rings. The molecule has 0 aromatic heterocycles.